The smallest absolute Gasteiger partial charge is 0.191 e. The van der Waals surface area contributed by atoms with E-state index < -0.39 is 0 Å². The van der Waals surface area contributed by atoms with Crippen LogP contribution in [0.25, 0.3) is 0 Å². The number of nitrogens with one attached hydrogen (secondary N) is 2. The summed E-state index contributed by atoms with van der Waals surface area (Å²) < 4.78 is 2.05. The number of aryl methyl sites for hydroxylation is 3. The molecule has 2 aromatic rings. The van der Waals surface area contributed by atoms with Gasteiger partial charge in [-0.05, 0) is 27.2 Å². The minimum atomic E-state index is 0.311. The minimum Gasteiger partial charge on any atom is -0.357 e. The van der Waals surface area contributed by atoms with Crippen molar-refractivity contribution >= 4 is 17.3 Å². The Morgan fingerprint density at radius 3 is 2.81 bits per heavy atom. The van der Waals surface area contributed by atoms with E-state index in [-0.39, 0.29) is 0 Å². The van der Waals surface area contributed by atoms with Crippen LogP contribution in [0, 0.1) is 13.8 Å². The van der Waals surface area contributed by atoms with Gasteiger partial charge in [-0.25, -0.2) is 19.6 Å². The Morgan fingerprint density at radius 2 is 2.15 bits per heavy atom. The van der Waals surface area contributed by atoms with Gasteiger partial charge in [-0.1, -0.05) is 13.8 Å². The number of fused-ring (bicyclic) bond motifs is 1. The van der Waals surface area contributed by atoms with Crippen LogP contribution >= 0.6 is 11.3 Å². The molecular formula is C18H29N7S. The molecule has 0 amide bonds. The lowest BCUT2D eigenvalue weighted by Crippen LogP contribution is -2.47. The first-order valence-corrected chi connectivity index (χ1v) is 10.2. The number of thiazole rings is 1. The van der Waals surface area contributed by atoms with Gasteiger partial charge in [0.25, 0.3) is 0 Å². The molecule has 0 saturated carbocycles. The van der Waals surface area contributed by atoms with Crippen molar-refractivity contribution in [3.05, 3.63) is 27.2 Å². The first-order chi connectivity index (χ1) is 12.5. The molecule has 3 rings (SSSR count). The molecule has 1 aliphatic heterocycles. The van der Waals surface area contributed by atoms with E-state index in [1.165, 1.54) is 4.88 Å². The summed E-state index contributed by atoms with van der Waals surface area (Å²) in [5, 5.41) is 12.7. The van der Waals surface area contributed by atoms with Crippen LogP contribution in [-0.4, -0.2) is 38.3 Å². The molecule has 2 N–H and O–H groups in total. The zero-order chi connectivity index (χ0) is 18.7. The molecule has 1 unspecified atom stereocenters. The standard InChI is InChI=1S/C18H29N7S/c1-6-19-18(20-9-15-12(4)21-13(5)26-15)22-14-7-8-16-23-17(11(2)3)24-25(16)10-14/h11,14H,6-10H2,1-5H3,(H2,19,20,22). The predicted octanol–water partition coefficient (Wildman–Crippen LogP) is 2.54. The lowest BCUT2D eigenvalue weighted by atomic mass is 10.1. The van der Waals surface area contributed by atoms with Crippen molar-refractivity contribution in [3.63, 3.8) is 0 Å². The van der Waals surface area contributed by atoms with Gasteiger partial charge in [0.1, 0.15) is 5.82 Å². The average molecular weight is 376 g/mol. The Labute approximate surface area is 159 Å². The van der Waals surface area contributed by atoms with Gasteiger partial charge in [0.05, 0.1) is 23.8 Å². The highest BCUT2D eigenvalue weighted by molar-refractivity contribution is 7.11. The summed E-state index contributed by atoms with van der Waals surface area (Å²) in [6.07, 6.45) is 1.99. The van der Waals surface area contributed by atoms with Crippen molar-refractivity contribution in [2.24, 2.45) is 4.99 Å². The van der Waals surface area contributed by atoms with E-state index in [0.29, 0.717) is 18.5 Å². The van der Waals surface area contributed by atoms with Crippen LogP contribution in [0.5, 0.6) is 0 Å². The maximum absolute atomic E-state index is 4.76. The number of hydrogen-bond donors (Lipinski definition) is 2. The molecular weight excluding hydrogens is 346 g/mol. The Kier molecular flexibility index (Phi) is 5.90. The fourth-order valence-electron chi connectivity index (χ4n) is 3.08. The molecule has 0 saturated heterocycles. The summed E-state index contributed by atoms with van der Waals surface area (Å²) in [5.41, 5.74) is 1.08. The van der Waals surface area contributed by atoms with Crippen LogP contribution in [0.4, 0.5) is 0 Å². The summed E-state index contributed by atoms with van der Waals surface area (Å²) in [6, 6.07) is 0.311. The minimum absolute atomic E-state index is 0.311. The van der Waals surface area contributed by atoms with Crippen molar-refractivity contribution in [1.82, 2.24) is 30.4 Å². The van der Waals surface area contributed by atoms with Gasteiger partial charge in [-0.2, -0.15) is 5.10 Å². The SMILES string of the molecule is CCNC(=NCc1sc(C)nc1C)NC1CCc2nc(C(C)C)nn2C1. The molecule has 26 heavy (non-hydrogen) atoms. The highest BCUT2D eigenvalue weighted by Crippen LogP contribution is 2.19. The van der Waals surface area contributed by atoms with Gasteiger partial charge in [-0.15, -0.1) is 11.3 Å². The molecule has 0 aliphatic carbocycles. The molecule has 0 radical (unpaired) electrons. The number of guanidine groups is 1. The van der Waals surface area contributed by atoms with E-state index in [1.54, 1.807) is 11.3 Å². The molecule has 0 aromatic carbocycles. The normalized spacial score (nSPS) is 17.5. The van der Waals surface area contributed by atoms with E-state index in [4.69, 9.17) is 4.99 Å². The fraction of sp³-hybridized carbons (Fsp3) is 0.667. The zero-order valence-electron chi connectivity index (χ0n) is 16.3. The van der Waals surface area contributed by atoms with Crippen molar-refractivity contribution in [2.75, 3.05) is 6.54 Å². The third kappa shape index (κ3) is 4.41. The fourth-order valence-corrected chi connectivity index (χ4v) is 3.94. The van der Waals surface area contributed by atoms with E-state index >= 15 is 0 Å². The largest absolute Gasteiger partial charge is 0.357 e. The van der Waals surface area contributed by atoms with Crippen molar-refractivity contribution in [1.29, 1.82) is 0 Å². The summed E-state index contributed by atoms with van der Waals surface area (Å²) in [5.74, 6) is 3.27. The van der Waals surface area contributed by atoms with Crippen LogP contribution in [-0.2, 0) is 19.5 Å². The first kappa shape index (κ1) is 18.8. The van der Waals surface area contributed by atoms with E-state index in [0.717, 1.165) is 54.2 Å². The van der Waals surface area contributed by atoms with Gasteiger partial charge >= 0.3 is 0 Å². The van der Waals surface area contributed by atoms with Crippen LogP contribution in [0.2, 0.25) is 0 Å². The molecule has 7 nitrogen and oxygen atoms in total. The molecule has 0 bridgehead atoms. The monoisotopic (exact) mass is 375 g/mol. The van der Waals surface area contributed by atoms with Crippen molar-refractivity contribution < 1.29 is 0 Å². The highest BCUT2D eigenvalue weighted by Gasteiger charge is 2.23. The zero-order valence-corrected chi connectivity index (χ0v) is 17.2. The Balaban J connectivity index is 1.66. The summed E-state index contributed by atoms with van der Waals surface area (Å²) >= 11 is 1.72. The number of rotatable bonds is 5. The summed E-state index contributed by atoms with van der Waals surface area (Å²) in [6.45, 7) is 12.8. The maximum atomic E-state index is 4.76. The molecule has 0 spiro atoms. The van der Waals surface area contributed by atoms with E-state index in [1.807, 2.05) is 13.8 Å². The Morgan fingerprint density at radius 1 is 1.35 bits per heavy atom. The average Bonchev–Trinajstić information content (AvgIpc) is 3.15. The highest BCUT2D eigenvalue weighted by atomic mass is 32.1. The van der Waals surface area contributed by atoms with Gasteiger partial charge in [0.2, 0.25) is 0 Å². The number of aliphatic imine (C=N–C) groups is 1. The third-order valence-electron chi connectivity index (χ3n) is 4.46. The third-order valence-corrected chi connectivity index (χ3v) is 5.51. The number of hydrogen-bond acceptors (Lipinski definition) is 5. The first-order valence-electron chi connectivity index (χ1n) is 9.37. The lowest BCUT2D eigenvalue weighted by molar-refractivity contribution is 0.391. The molecule has 142 valence electrons. The predicted molar refractivity (Wildman–Crippen MR) is 106 cm³/mol. The van der Waals surface area contributed by atoms with Crippen molar-refractivity contribution in [2.45, 2.75) is 72.5 Å². The molecule has 0 fully saturated rings. The number of aromatic nitrogens is 4. The Bertz CT molecular complexity index is 775. The summed E-state index contributed by atoms with van der Waals surface area (Å²) in [4.78, 5) is 15.1. The van der Waals surface area contributed by atoms with Crippen LogP contribution < -0.4 is 10.6 Å². The van der Waals surface area contributed by atoms with E-state index in [2.05, 4.69) is 51.2 Å². The topological polar surface area (TPSA) is 80.0 Å². The Hall–Kier alpha value is -1.96. The second-order valence-corrected chi connectivity index (χ2v) is 8.33. The molecule has 8 heteroatoms. The van der Waals surface area contributed by atoms with Gasteiger partial charge < -0.3 is 10.6 Å². The van der Waals surface area contributed by atoms with Crippen LogP contribution in [0.3, 0.4) is 0 Å². The maximum Gasteiger partial charge on any atom is 0.191 e. The second-order valence-electron chi connectivity index (χ2n) is 7.04. The molecule has 1 atom stereocenters. The molecule has 2 aromatic heterocycles. The van der Waals surface area contributed by atoms with E-state index in [9.17, 15) is 0 Å². The molecule has 1 aliphatic rings. The van der Waals surface area contributed by atoms with Gasteiger partial charge in [-0.3, -0.25) is 0 Å². The quantitative estimate of drug-likeness (QED) is 0.620. The lowest BCUT2D eigenvalue weighted by Gasteiger charge is -2.25. The second kappa shape index (κ2) is 8.16. The van der Waals surface area contributed by atoms with Gasteiger partial charge in [0, 0.05) is 29.8 Å². The van der Waals surface area contributed by atoms with Crippen molar-refractivity contribution in [3.8, 4) is 0 Å². The number of nitrogens with zero attached hydrogens (tertiary/aromatic N) is 5. The van der Waals surface area contributed by atoms with Crippen LogP contribution in [0.1, 0.15) is 60.3 Å². The van der Waals surface area contributed by atoms with Crippen LogP contribution in [0.15, 0.2) is 4.99 Å². The molecule has 3 heterocycles. The summed E-state index contributed by atoms with van der Waals surface area (Å²) in [7, 11) is 0. The van der Waals surface area contributed by atoms with Gasteiger partial charge in [0.15, 0.2) is 11.8 Å².